The van der Waals surface area contributed by atoms with Gasteiger partial charge in [-0.3, -0.25) is 19.6 Å². The number of rotatable bonds is 5. The van der Waals surface area contributed by atoms with E-state index in [0.717, 1.165) is 24.3 Å². The lowest BCUT2D eigenvalue weighted by molar-refractivity contribution is -0.137. The van der Waals surface area contributed by atoms with Crippen LogP contribution in [0.15, 0.2) is 48.7 Å². The second-order valence-corrected chi connectivity index (χ2v) is 7.72. The van der Waals surface area contributed by atoms with Gasteiger partial charge in [0.1, 0.15) is 0 Å². The molecular weight excluding hydrogens is 477 g/mol. The molecule has 1 aliphatic heterocycles. The fraction of sp³-hybridized carbons (Fsp3) is 0.182. The molecule has 13 heteroatoms. The van der Waals surface area contributed by atoms with Crippen molar-refractivity contribution < 1.29 is 36.3 Å². The van der Waals surface area contributed by atoms with E-state index in [1.54, 1.807) is 0 Å². The smallest absolute Gasteiger partial charge is 0.349 e. The Hall–Kier alpha value is -4.29. The number of nitrogens with zero attached hydrogens (tertiary/aromatic N) is 2. The number of aromatic nitrogens is 2. The highest BCUT2D eigenvalue weighted by Crippen LogP contribution is 2.33. The van der Waals surface area contributed by atoms with Crippen LogP contribution < -0.4 is 16.0 Å². The molecule has 0 radical (unpaired) electrons. The highest BCUT2D eigenvalue weighted by molar-refractivity contribution is 6.08. The Labute approximate surface area is 194 Å². The molecule has 1 aliphatic rings. The maximum absolute atomic E-state index is 14.0. The molecule has 3 N–H and O–H groups in total. The van der Waals surface area contributed by atoms with Crippen molar-refractivity contribution in [2.24, 2.45) is 7.05 Å². The van der Waals surface area contributed by atoms with Gasteiger partial charge in [0.05, 0.1) is 23.4 Å². The molecule has 0 saturated carbocycles. The first-order valence-electron chi connectivity index (χ1n) is 9.99. The number of hydrogen-bond acceptors (Lipinski definition) is 4. The molecule has 0 bridgehead atoms. The second kappa shape index (κ2) is 8.49. The quantitative estimate of drug-likeness (QED) is 0.376. The topological polar surface area (TPSA) is 105 Å². The van der Waals surface area contributed by atoms with Crippen molar-refractivity contribution in [2.45, 2.75) is 11.7 Å². The van der Waals surface area contributed by atoms with Crippen LogP contribution in [0.3, 0.4) is 0 Å². The van der Waals surface area contributed by atoms with Gasteiger partial charge in [-0.1, -0.05) is 12.1 Å². The Morgan fingerprint density at radius 2 is 1.74 bits per heavy atom. The number of carbonyl (C=O) groups is 3. The largest absolute Gasteiger partial charge is 0.416 e. The highest BCUT2D eigenvalue weighted by Gasteiger charge is 2.50. The zero-order valence-electron chi connectivity index (χ0n) is 17.8. The molecular formula is C22H16F5N5O3. The lowest BCUT2D eigenvalue weighted by atomic mass is 9.94. The molecule has 1 atom stereocenters. The Kier molecular flexibility index (Phi) is 5.79. The number of amides is 4. The maximum Gasteiger partial charge on any atom is 0.416 e. The maximum atomic E-state index is 14.0. The Morgan fingerprint density at radius 1 is 1.09 bits per heavy atom. The van der Waals surface area contributed by atoms with Crippen molar-refractivity contribution in [2.75, 3.05) is 6.54 Å². The molecule has 0 aliphatic carbocycles. The zero-order valence-corrected chi connectivity index (χ0v) is 17.8. The van der Waals surface area contributed by atoms with E-state index in [9.17, 15) is 36.3 Å². The van der Waals surface area contributed by atoms with Crippen LogP contribution in [0.2, 0.25) is 0 Å². The van der Waals surface area contributed by atoms with E-state index in [2.05, 4.69) is 21.0 Å². The normalized spacial score (nSPS) is 17.8. The summed E-state index contributed by atoms with van der Waals surface area (Å²) in [7, 11) is 1.51. The highest BCUT2D eigenvalue weighted by atomic mass is 19.4. The number of halogens is 5. The van der Waals surface area contributed by atoms with Crippen LogP contribution in [0.4, 0.5) is 26.7 Å². The van der Waals surface area contributed by atoms with Crippen molar-refractivity contribution in [3.05, 3.63) is 77.1 Å². The molecule has 35 heavy (non-hydrogen) atoms. The monoisotopic (exact) mass is 493 g/mol. The first-order valence-corrected chi connectivity index (χ1v) is 9.99. The van der Waals surface area contributed by atoms with Gasteiger partial charge in [0, 0.05) is 13.2 Å². The average molecular weight is 493 g/mol. The molecule has 1 aromatic heterocycles. The molecule has 4 amide bonds. The summed E-state index contributed by atoms with van der Waals surface area (Å²) in [5, 5.41) is 10.9. The second-order valence-electron chi connectivity index (χ2n) is 7.72. The summed E-state index contributed by atoms with van der Waals surface area (Å²) in [4.78, 5) is 37.5. The van der Waals surface area contributed by atoms with Gasteiger partial charge < -0.3 is 10.6 Å². The number of benzene rings is 2. The number of imide groups is 1. The van der Waals surface area contributed by atoms with Crippen molar-refractivity contribution in [1.82, 2.24) is 25.7 Å². The predicted octanol–water partition coefficient (Wildman–Crippen LogP) is 2.85. The van der Waals surface area contributed by atoms with Gasteiger partial charge in [0.2, 0.25) is 0 Å². The van der Waals surface area contributed by atoms with Gasteiger partial charge in [0.25, 0.3) is 11.8 Å². The van der Waals surface area contributed by atoms with E-state index in [1.165, 1.54) is 24.0 Å². The van der Waals surface area contributed by atoms with Gasteiger partial charge in [-0.15, -0.1) is 0 Å². The van der Waals surface area contributed by atoms with E-state index in [0.29, 0.717) is 12.1 Å². The van der Waals surface area contributed by atoms with Gasteiger partial charge in [0.15, 0.2) is 17.2 Å². The zero-order chi connectivity index (χ0) is 25.5. The molecule has 1 unspecified atom stereocenters. The number of urea groups is 1. The van der Waals surface area contributed by atoms with E-state index in [4.69, 9.17) is 0 Å². The van der Waals surface area contributed by atoms with Crippen LogP contribution in [-0.4, -0.2) is 34.2 Å². The van der Waals surface area contributed by atoms with Crippen LogP contribution in [0, 0.1) is 11.6 Å². The Balaban J connectivity index is 1.68. The number of carbonyl (C=O) groups excluding carboxylic acids is 3. The predicted molar refractivity (Wildman–Crippen MR) is 111 cm³/mol. The lowest BCUT2D eigenvalue weighted by Crippen LogP contribution is -2.53. The molecule has 2 heterocycles. The average Bonchev–Trinajstić information content (AvgIpc) is 3.35. The Bertz CT molecular complexity index is 1340. The molecule has 4 rings (SSSR count). The SMILES string of the molecule is Cn1nccc1C1(CNC(=O)c2cc(F)c(F)cc2-c2ccc(C(F)(F)F)cc2)NC(=O)NC1=O. The minimum Gasteiger partial charge on any atom is -0.349 e. The third-order valence-electron chi connectivity index (χ3n) is 5.54. The molecule has 182 valence electrons. The molecule has 3 aromatic rings. The third-order valence-corrected chi connectivity index (χ3v) is 5.54. The fourth-order valence-corrected chi connectivity index (χ4v) is 3.80. The first kappa shape index (κ1) is 23.9. The first-order chi connectivity index (χ1) is 16.4. The summed E-state index contributed by atoms with van der Waals surface area (Å²) >= 11 is 0. The van der Waals surface area contributed by atoms with Crippen molar-refractivity contribution in [1.29, 1.82) is 0 Å². The number of hydrogen-bond donors (Lipinski definition) is 3. The third kappa shape index (κ3) is 4.32. The molecule has 1 fully saturated rings. The summed E-state index contributed by atoms with van der Waals surface area (Å²) in [6, 6.07) is 5.45. The van der Waals surface area contributed by atoms with Crippen molar-refractivity contribution in [3.63, 3.8) is 0 Å². The van der Waals surface area contributed by atoms with E-state index < -0.39 is 58.9 Å². The van der Waals surface area contributed by atoms with Gasteiger partial charge >= 0.3 is 12.2 Å². The van der Waals surface area contributed by atoms with Crippen molar-refractivity contribution in [3.8, 4) is 11.1 Å². The van der Waals surface area contributed by atoms with E-state index in [1.807, 2.05) is 0 Å². The minimum atomic E-state index is -4.61. The number of nitrogens with one attached hydrogen (secondary N) is 3. The number of aryl methyl sites for hydroxylation is 1. The van der Waals surface area contributed by atoms with Gasteiger partial charge in [-0.2, -0.15) is 18.3 Å². The van der Waals surface area contributed by atoms with Crippen LogP contribution >= 0.6 is 0 Å². The van der Waals surface area contributed by atoms with Crippen molar-refractivity contribution >= 4 is 17.8 Å². The molecule has 8 nitrogen and oxygen atoms in total. The standard InChI is InChI=1S/C22H16F5N5O3/c1-32-17(6-7-29-32)21(19(34)30-20(35)31-21)10-28-18(33)14-9-16(24)15(23)8-13(14)11-2-4-12(5-3-11)22(25,26)27/h2-9H,10H2,1H3,(H,28,33)(H2,30,31,34,35). The fourth-order valence-electron chi connectivity index (χ4n) is 3.80. The summed E-state index contributed by atoms with van der Waals surface area (Å²) in [5.74, 6) is -4.42. The summed E-state index contributed by atoms with van der Waals surface area (Å²) in [6.45, 7) is -0.492. The van der Waals surface area contributed by atoms with Crippen LogP contribution in [0.5, 0.6) is 0 Å². The summed E-state index contributed by atoms with van der Waals surface area (Å²) in [6.07, 6.45) is -3.24. The lowest BCUT2D eigenvalue weighted by Gasteiger charge is -2.26. The molecule has 1 saturated heterocycles. The molecule has 2 aromatic carbocycles. The summed E-state index contributed by atoms with van der Waals surface area (Å²) < 4.78 is 68.0. The summed E-state index contributed by atoms with van der Waals surface area (Å²) in [5.41, 5.74) is -3.02. The Morgan fingerprint density at radius 3 is 2.29 bits per heavy atom. The van der Waals surface area contributed by atoms with E-state index in [-0.39, 0.29) is 16.8 Å². The van der Waals surface area contributed by atoms with Crippen LogP contribution in [-0.2, 0) is 23.6 Å². The van der Waals surface area contributed by atoms with Crippen LogP contribution in [0.1, 0.15) is 21.6 Å². The van der Waals surface area contributed by atoms with Gasteiger partial charge in [-0.25, -0.2) is 13.6 Å². The minimum absolute atomic E-state index is 0.0234. The van der Waals surface area contributed by atoms with Gasteiger partial charge in [-0.05, 0) is 41.5 Å². The number of alkyl halides is 3. The van der Waals surface area contributed by atoms with E-state index >= 15 is 0 Å². The molecule has 0 spiro atoms. The van der Waals surface area contributed by atoms with Crippen LogP contribution in [0.25, 0.3) is 11.1 Å².